The zero-order chi connectivity index (χ0) is 13.8. The number of hydrogen-bond donors (Lipinski definition) is 1. The van der Waals surface area contributed by atoms with E-state index in [0.29, 0.717) is 18.7 Å². The van der Waals surface area contributed by atoms with Gasteiger partial charge in [0.05, 0.1) is 3.79 Å². The number of carbonyl (C=O) groups is 1. The molecular formula is C14H15BrN2OS. The van der Waals surface area contributed by atoms with Crippen LogP contribution in [0.1, 0.15) is 21.5 Å². The Morgan fingerprint density at radius 1 is 1.32 bits per heavy atom. The number of halogens is 1. The monoisotopic (exact) mass is 338 g/mol. The second-order valence-electron chi connectivity index (χ2n) is 4.32. The average molecular weight is 339 g/mol. The summed E-state index contributed by atoms with van der Waals surface area (Å²) >= 11 is 5.05. The minimum absolute atomic E-state index is 0.0193. The van der Waals surface area contributed by atoms with E-state index in [2.05, 4.69) is 15.9 Å². The van der Waals surface area contributed by atoms with Crippen LogP contribution in [-0.2, 0) is 13.1 Å². The molecule has 2 rings (SSSR count). The fourth-order valence-electron chi connectivity index (χ4n) is 1.78. The van der Waals surface area contributed by atoms with Crippen molar-refractivity contribution in [2.24, 2.45) is 5.73 Å². The maximum absolute atomic E-state index is 12.2. The van der Waals surface area contributed by atoms with Crippen molar-refractivity contribution in [2.45, 2.75) is 13.1 Å². The number of hydrogen-bond acceptors (Lipinski definition) is 3. The van der Waals surface area contributed by atoms with E-state index < -0.39 is 0 Å². The van der Waals surface area contributed by atoms with E-state index in [9.17, 15) is 4.79 Å². The summed E-state index contributed by atoms with van der Waals surface area (Å²) < 4.78 is 1.08. The SMILES string of the molecule is CN(Cc1csc(Br)c1)C(=O)c1ccc(CN)cc1. The first-order valence-corrected chi connectivity index (χ1v) is 7.55. The van der Waals surface area contributed by atoms with Gasteiger partial charge in [-0.3, -0.25) is 4.79 Å². The van der Waals surface area contributed by atoms with Crippen LogP contribution in [0.2, 0.25) is 0 Å². The Kier molecular flexibility index (Phi) is 4.74. The van der Waals surface area contributed by atoms with Gasteiger partial charge in [0, 0.05) is 25.7 Å². The van der Waals surface area contributed by atoms with Crippen LogP contribution in [0.15, 0.2) is 39.5 Å². The third-order valence-corrected chi connectivity index (χ3v) is 4.38. The van der Waals surface area contributed by atoms with Gasteiger partial charge in [-0.1, -0.05) is 12.1 Å². The summed E-state index contributed by atoms with van der Waals surface area (Å²) in [6.07, 6.45) is 0. The second-order valence-corrected chi connectivity index (χ2v) is 6.61. The third kappa shape index (κ3) is 3.65. The molecule has 0 aliphatic heterocycles. The lowest BCUT2D eigenvalue weighted by Crippen LogP contribution is -2.25. The van der Waals surface area contributed by atoms with E-state index in [-0.39, 0.29) is 5.91 Å². The Bertz CT molecular complexity index is 565. The van der Waals surface area contributed by atoms with Gasteiger partial charge in [0.15, 0.2) is 0 Å². The van der Waals surface area contributed by atoms with Gasteiger partial charge in [-0.15, -0.1) is 11.3 Å². The Morgan fingerprint density at radius 3 is 2.53 bits per heavy atom. The van der Waals surface area contributed by atoms with E-state index in [1.165, 1.54) is 0 Å². The molecule has 0 atom stereocenters. The summed E-state index contributed by atoms with van der Waals surface area (Å²) in [6, 6.07) is 9.46. The van der Waals surface area contributed by atoms with Gasteiger partial charge in [0.1, 0.15) is 0 Å². The quantitative estimate of drug-likeness (QED) is 0.930. The highest BCUT2D eigenvalue weighted by atomic mass is 79.9. The van der Waals surface area contributed by atoms with E-state index in [1.807, 2.05) is 42.8 Å². The van der Waals surface area contributed by atoms with Crippen molar-refractivity contribution in [2.75, 3.05) is 7.05 Å². The first kappa shape index (κ1) is 14.2. The summed E-state index contributed by atoms with van der Waals surface area (Å²) in [4.78, 5) is 14.0. The Morgan fingerprint density at radius 2 is 2.00 bits per heavy atom. The number of thiophene rings is 1. The minimum atomic E-state index is 0.0193. The molecule has 0 unspecified atom stereocenters. The minimum Gasteiger partial charge on any atom is -0.337 e. The van der Waals surface area contributed by atoms with Crippen molar-refractivity contribution in [1.29, 1.82) is 0 Å². The van der Waals surface area contributed by atoms with Crippen molar-refractivity contribution in [3.63, 3.8) is 0 Å². The summed E-state index contributed by atoms with van der Waals surface area (Å²) in [6.45, 7) is 1.10. The highest BCUT2D eigenvalue weighted by Gasteiger charge is 2.12. The lowest BCUT2D eigenvalue weighted by molar-refractivity contribution is 0.0785. The number of carbonyl (C=O) groups excluding carboxylic acids is 1. The molecule has 0 aliphatic carbocycles. The smallest absolute Gasteiger partial charge is 0.253 e. The molecule has 5 heteroatoms. The fraction of sp³-hybridized carbons (Fsp3) is 0.214. The molecule has 3 nitrogen and oxygen atoms in total. The molecule has 0 saturated heterocycles. The van der Waals surface area contributed by atoms with Crippen LogP contribution < -0.4 is 5.73 Å². The molecule has 1 aromatic carbocycles. The molecule has 1 aromatic heterocycles. The van der Waals surface area contributed by atoms with Crippen LogP contribution in [0, 0.1) is 0 Å². The molecule has 0 fully saturated rings. The molecule has 2 aromatic rings. The molecule has 0 bridgehead atoms. The van der Waals surface area contributed by atoms with Gasteiger partial charge in [0.2, 0.25) is 0 Å². The molecular weight excluding hydrogens is 324 g/mol. The van der Waals surface area contributed by atoms with Crippen LogP contribution in [0.4, 0.5) is 0 Å². The fourth-order valence-corrected chi connectivity index (χ4v) is 2.98. The average Bonchev–Trinajstić information content (AvgIpc) is 2.83. The normalized spacial score (nSPS) is 10.5. The molecule has 19 heavy (non-hydrogen) atoms. The highest BCUT2D eigenvalue weighted by Crippen LogP contribution is 2.21. The summed E-state index contributed by atoms with van der Waals surface area (Å²) in [5, 5.41) is 2.05. The first-order chi connectivity index (χ1) is 9.10. The Balaban J connectivity index is 2.05. The zero-order valence-electron chi connectivity index (χ0n) is 10.6. The number of amides is 1. The molecule has 100 valence electrons. The van der Waals surface area contributed by atoms with Crippen molar-refractivity contribution in [1.82, 2.24) is 4.90 Å². The second kappa shape index (κ2) is 6.32. The van der Waals surface area contributed by atoms with Gasteiger partial charge in [0.25, 0.3) is 5.91 Å². The predicted molar refractivity (Wildman–Crippen MR) is 82.1 cm³/mol. The number of benzene rings is 1. The molecule has 0 radical (unpaired) electrons. The van der Waals surface area contributed by atoms with Crippen LogP contribution in [0.25, 0.3) is 0 Å². The maximum Gasteiger partial charge on any atom is 0.253 e. The topological polar surface area (TPSA) is 46.3 Å². The maximum atomic E-state index is 12.2. The lowest BCUT2D eigenvalue weighted by Gasteiger charge is -2.16. The first-order valence-electron chi connectivity index (χ1n) is 5.87. The van der Waals surface area contributed by atoms with Crippen molar-refractivity contribution >= 4 is 33.2 Å². The number of rotatable bonds is 4. The Labute approximate surface area is 125 Å². The van der Waals surface area contributed by atoms with Crippen molar-refractivity contribution < 1.29 is 4.79 Å². The van der Waals surface area contributed by atoms with Gasteiger partial charge in [-0.2, -0.15) is 0 Å². The molecule has 0 saturated carbocycles. The summed E-state index contributed by atoms with van der Waals surface area (Å²) in [7, 11) is 1.81. The van der Waals surface area contributed by atoms with Gasteiger partial charge < -0.3 is 10.6 Å². The van der Waals surface area contributed by atoms with E-state index >= 15 is 0 Å². The third-order valence-electron chi connectivity index (χ3n) is 2.82. The van der Waals surface area contributed by atoms with Crippen molar-refractivity contribution in [3.8, 4) is 0 Å². The molecule has 0 aliphatic rings. The van der Waals surface area contributed by atoms with E-state index in [4.69, 9.17) is 5.73 Å². The number of nitrogens with zero attached hydrogens (tertiary/aromatic N) is 1. The predicted octanol–water partition coefficient (Wildman–Crippen LogP) is 3.24. The molecule has 2 N–H and O–H groups in total. The van der Waals surface area contributed by atoms with Gasteiger partial charge >= 0.3 is 0 Å². The highest BCUT2D eigenvalue weighted by molar-refractivity contribution is 9.11. The van der Waals surface area contributed by atoms with E-state index in [1.54, 1.807) is 16.2 Å². The molecule has 1 amide bonds. The largest absolute Gasteiger partial charge is 0.337 e. The van der Waals surface area contributed by atoms with Crippen LogP contribution >= 0.6 is 27.3 Å². The summed E-state index contributed by atoms with van der Waals surface area (Å²) in [5.41, 5.74) is 8.39. The lowest BCUT2D eigenvalue weighted by atomic mass is 10.1. The van der Waals surface area contributed by atoms with Gasteiger partial charge in [-0.05, 0) is 50.6 Å². The van der Waals surface area contributed by atoms with Crippen LogP contribution in [-0.4, -0.2) is 17.9 Å². The zero-order valence-corrected chi connectivity index (χ0v) is 13.0. The Hall–Kier alpha value is -1.17. The van der Waals surface area contributed by atoms with Crippen LogP contribution in [0.3, 0.4) is 0 Å². The van der Waals surface area contributed by atoms with Crippen LogP contribution in [0.5, 0.6) is 0 Å². The van der Waals surface area contributed by atoms with Crippen molar-refractivity contribution in [3.05, 3.63) is 56.2 Å². The molecule has 1 heterocycles. The van der Waals surface area contributed by atoms with Gasteiger partial charge in [-0.25, -0.2) is 0 Å². The standard InChI is InChI=1S/C14H15BrN2OS/c1-17(8-11-6-13(15)19-9-11)14(18)12-4-2-10(7-16)3-5-12/h2-6,9H,7-8,16H2,1H3. The van der Waals surface area contributed by atoms with E-state index in [0.717, 1.165) is 14.9 Å². The summed E-state index contributed by atoms with van der Waals surface area (Å²) in [5.74, 6) is 0.0193. The number of nitrogens with two attached hydrogens (primary N) is 1. The molecule has 0 spiro atoms.